The van der Waals surface area contributed by atoms with Crippen molar-refractivity contribution in [3.8, 4) is 0 Å². The fourth-order valence-corrected chi connectivity index (χ4v) is 3.15. The predicted molar refractivity (Wildman–Crippen MR) is 85.5 cm³/mol. The van der Waals surface area contributed by atoms with Gasteiger partial charge in [-0.25, -0.2) is 4.79 Å². The second-order valence-corrected chi connectivity index (χ2v) is 7.75. The van der Waals surface area contributed by atoms with Crippen molar-refractivity contribution in [2.24, 2.45) is 17.3 Å². The summed E-state index contributed by atoms with van der Waals surface area (Å²) < 4.78 is 5.30. The number of ether oxygens (including phenoxy) is 1. The van der Waals surface area contributed by atoms with Gasteiger partial charge >= 0.3 is 12.0 Å². The molecule has 2 rings (SSSR count). The smallest absolute Gasteiger partial charge is 0.325 e. The fourth-order valence-electron chi connectivity index (χ4n) is 3.15. The summed E-state index contributed by atoms with van der Waals surface area (Å²) in [7, 11) is 0. The van der Waals surface area contributed by atoms with Crippen molar-refractivity contribution >= 4 is 17.9 Å². The lowest BCUT2D eigenvalue weighted by molar-refractivity contribution is -0.147. The van der Waals surface area contributed by atoms with Crippen LogP contribution in [0.1, 0.15) is 41.5 Å². The van der Waals surface area contributed by atoms with E-state index in [1.54, 1.807) is 13.8 Å². The Kier molecular flexibility index (Phi) is 4.30. The van der Waals surface area contributed by atoms with E-state index in [1.807, 2.05) is 27.7 Å². The van der Waals surface area contributed by atoms with E-state index in [4.69, 9.17) is 4.74 Å². The highest BCUT2D eigenvalue weighted by molar-refractivity contribution is 6.06. The number of nitrogens with zero attached hydrogens (tertiary/aromatic N) is 1. The molecule has 0 radical (unpaired) electrons. The molecule has 2 aliphatic rings. The van der Waals surface area contributed by atoms with Gasteiger partial charge in [0.15, 0.2) is 0 Å². The number of nitrogens with one attached hydrogen (secondary N) is 1. The monoisotopic (exact) mass is 322 g/mol. The van der Waals surface area contributed by atoms with E-state index in [-0.39, 0.29) is 42.3 Å². The summed E-state index contributed by atoms with van der Waals surface area (Å²) in [6.45, 7) is 11.5. The molecule has 1 heterocycles. The van der Waals surface area contributed by atoms with Crippen molar-refractivity contribution in [1.29, 1.82) is 0 Å². The molecule has 1 saturated heterocycles. The first-order valence-electron chi connectivity index (χ1n) is 7.94. The first-order valence-corrected chi connectivity index (χ1v) is 7.94. The highest BCUT2D eigenvalue weighted by Crippen LogP contribution is 2.59. The van der Waals surface area contributed by atoms with Gasteiger partial charge in [0.2, 0.25) is 0 Å². The number of esters is 1. The van der Waals surface area contributed by atoms with Crippen LogP contribution in [0.5, 0.6) is 0 Å². The minimum Gasteiger partial charge on any atom is -0.464 e. The van der Waals surface area contributed by atoms with Gasteiger partial charge in [-0.2, -0.15) is 0 Å². The maximum atomic E-state index is 12.2. The SMILES string of the molecule is CC(C)=C[C@H]1[C@@H](C(=O)OCCN2C(=O)NC(C)(C)C2=O)C1(C)C. The third-order valence-corrected chi connectivity index (χ3v) is 4.68. The minimum atomic E-state index is -0.895. The summed E-state index contributed by atoms with van der Waals surface area (Å²) in [5.74, 6) is -0.524. The van der Waals surface area contributed by atoms with Crippen LogP contribution < -0.4 is 5.32 Å². The van der Waals surface area contributed by atoms with Crippen molar-refractivity contribution in [3.05, 3.63) is 11.6 Å². The number of hydrogen-bond acceptors (Lipinski definition) is 4. The van der Waals surface area contributed by atoms with Gasteiger partial charge in [-0.1, -0.05) is 25.5 Å². The normalized spacial score (nSPS) is 27.5. The Labute approximate surface area is 137 Å². The largest absolute Gasteiger partial charge is 0.464 e. The third kappa shape index (κ3) is 3.26. The topological polar surface area (TPSA) is 75.7 Å². The summed E-state index contributed by atoms with van der Waals surface area (Å²) in [6.07, 6.45) is 2.10. The first-order chi connectivity index (χ1) is 10.5. The van der Waals surface area contributed by atoms with Crippen molar-refractivity contribution in [2.45, 2.75) is 47.1 Å². The van der Waals surface area contributed by atoms with E-state index in [0.717, 1.165) is 4.90 Å². The van der Waals surface area contributed by atoms with Gasteiger partial charge in [-0.15, -0.1) is 0 Å². The van der Waals surface area contributed by atoms with Gasteiger partial charge in [0, 0.05) is 0 Å². The van der Waals surface area contributed by atoms with Crippen LogP contribution in [0.3, 0.4) is 0 Å². The van der Waals surface area contributed by atoms with E-state index in [9.17, 15) is 14.4 Å². The summed E-state index contributed by atoms with van der Waals surface area (Å²) >= 11 is 0. The molecule has 128 valence electrons. The summed E-state index contributed by atoms with van der Waals surface area (Å²) in [4.78, 5) is 37.1. The van der Waals surface area contributed by atoms with Gasteiger partial charge < -0.3 is 10.1 Å². The summed E-state index contributed by atoms with van der Waals surface area (Å²) in [5, 5.41) is 2.60. The van der Waals surface area contributed by atoms with Crippen molar-refractivity contribution in [2.75, 3.05) is 13.2 Å². The van der Waals surface area contributed by atoms with E-state index in [1.165, 1.54) is 5.57 Å². The zero-order chi connectivity index (χ0) is 17.6. The summed E-state index contributed by atoms with van der Waals surface area (Å²) in [5.41, 5.74) is 0.186. The zero-order valence-electron chi connectivity index (χ0n) is 14.7. The van der Waals surface area contributed by atoms with E-state index < -0.39 is 11.6 Å². The molecule has 6 nitrogen and oxygen atoms in total. The van der Waals surface area contributed by atoms with Crippen molar-refractivity contribution in [1.82, 2.24) is 10.2 Å². The van der Waals surface area contributed by atoms with Crippen LogP contribution >= 0.6 is 0 Å². The van der Waals surface area contributed by atoms with Gasteiger partial charge in [0.1, 0.15) is 12.1 Å². The second-order valence-electron chi connectivity index (χ2n) is 7.75. The van der Waals surface area contributed by atoms with Crippen LogP contribution in [-0.4, -0.2) is 41.5 Å². The molecule has 6 heteroatoms. The molecule has 1 aliphatic heterocycles. The number of carbonyl (C=O) groups is 3. The van der Waals surface area contributed by atoms with Gasteiger partial charge in [-0.3, -0.25) is 14.5 Å². The lowest BCUT2D eigenvalue weighted by Gasteiger charge is -2.16. The molecule has 1 aliphatic carbocycles. The Bertz CT molecular complexity index is 573. The third-order valence-electron chi connectivity index (χ3n) is 4.68. The predicted octanol–water partition coefficient (Wildman–Crippen LogP) is 2.10. The lowest BCUT2D eigenvalue weighted by Crippen LogP contribution is -2.40. The number of urea groups is 1. The van der Waals surface area contributed by atoms with Gasteiger partial charge in [0.25, 0.3) is 5.91 Å². The zero-order valence-corrected chi connectivity index (χ0v) is 14.7. The Morgan fingerprint density at radius 2 is 1.87 bits per heavy atom. The lowest BCUT2D eigenvalue weighted by atomic mass is 10.1. The fraction of sp³-hybridized carbons (Fsp3) is 0.706. The molecule has 0 unspecified atom stereocenters. The molecular weight excluding hydrogens is 296 g/mol. The molecule has 0 aromatic rings. The number of imide groups is 1. The summed E-state index contributed by atoms with van der Waals surface area (Å²) in [6, 6.07) is -0.440. The van der Waals surface area contributed by atoms with Crippen LogP contribution in [0.15, 0.2) is 11.6 Å². The minimum absolute atomic E-state index is 0.0300. The number of allylic oxidation sites excluding steroid dienone is 2. The molecule has 0 aromatic carbocycles. The van der Waals surface area contributed by atoms with Crippen molar-refractivity contribution in [3.63, 3.8) is 0 Å². The van der Waals surface area contributed by atoms with Gasteiger partial charge in [-0.05, 0) is 39.0 Å². The number of amides is 3. The molecule has 1 N–H and O–H groups in total. The van der Waals surface area contributed by atoms with Crippen LogP contribution in [0.25, 0.3) is 0 Å². The van der Waals surface area contributed by atoms with E-state index in [2.05, 4.69) is 11.4 Å². The van der Waals surface area contributed by atoms with Crippen LogP contribution in [0, 0.1) is 17.3 Å². The number of carbonyl (C=O) groups excluding carboxylic acids is 3. The molecule has 2 atom stereocenters. The molecular formula is C17H26N2O4. The molecule has 0 bridgehead atoms. The average Bonchev–Trinajstić information content (AvgIpc) is 2.85. The molecule has 23 heavy (non-hydrogen) atoms. The van der Waals surface area contributed by atoms with Crippen LogP contribution in [0.2, 0.25) is 0 Å². The highest BCUT2D eigenvalue weighted by atomic mass is 16.5. The molecule has 1 saturated carbocycles. The van der Waals surface area contributed by atoms with Crippen molar-refractivity contribution < 1.29 is 19.1 Å². The Morgan fingerprint density at radius 1 is 1.26 bits per heavy atom. The van der Waals surface area contributed by atoms with Gasteiger partial charge in [0.05, 0.1) is 12.5 Å². The average molecular weight is 322 g/mol. The highest BCUT2D eigenvalue weighted by Gasteiger charge is 2.61. The Morgan fingerprint density at radius 3 is 2.35 bits per heavy atom. The van der Waals surface area contributed by atoms with Crippen LogP contribution in [-0.2, 0) is 14.3 Å². The van der Waals surface area contributed by atoms with E-state index in [0.29, 0.717) is 0 Å². The Balaban J connectivity index is 1.86. The Hall–Kier alpha value is -1.85. The van der Waals surface area contributed by atoms with Crippen LogP contribution in [0.4, 0.5) is 4.79 Å². The second kappa shape index (κ2) is 5.65. The first kappa shape index (κ1) is 17.5. The van der Waals surface area contributed by atoms with E-state index >= 15 is 0 Å². The maximum absolute atomic E-state index is 12.2. The maximum Gasteiger partial charge on any atom is 0.325 e. The standard InChI is InChI=1S/C17H26N2O4/c1-10(2)9-11-12(16(11,3)4)13(20)23-8-7-19-14(21)17(5,6)18-15(19)22/h9,11-12H,7-8H2,1-6H3,(H,18,22)/t11-,12-/m0/s1. The molecule has 2 fully saturated rings. The molecule has 0 spiro atoms. The quantitative estimate of drug-likeness (QED) is 0.478. The number of hydrogen-bond donors (Lipinski definition) is 1. The number of rotatable bonds is 5. The molecule has 3 amide bonds. The molecule has 0 aromatic heterocycles.